The Hall–Kier alpha value is -1.95. The molecule has 1 saturated heterocycles. The molecule has 1 aliphatic heterocycles. The van der Waals surface area contributed by atoms with Crippen LogP contribution in [-0.2, 0) is 9.53 Å². The van der Waals surface area contributed by atoms with Crippen molar-refractivity contribution in [3.8, 4) is 0 Å². The fourth-order valence-electron chi connectivity index (χ4n) is 2.58. The molecule has 0 spiro atoms. The molecule has 0 radical (unpaired) electrons. The van der Waals surface area contributed by atoms with E-state index < -0.39 is 0 Å². The van der Waals surface area contributed by atoms with Gasteiger partial charge in [-0.25, -0.2) is 0 Å². The maximum atomic E-state index is 12.1. The smallest absolute Gasteiger partial charge is 0.253 e. The van der Waals surface area contributed by atoms with E-state index in [0.29, 0.717) is 31.7 Å². The number of carbonyl (C=O) groups excluding carboxylic acids is 2. The van der Waals surface area contributed by atoms with Crippen molar-refractivity contribution < 1.29 is 14.3 Å². The van der Waals surface area contributed by atoms with Crippen LogP contribution in [0.2, 0.25) is 0 Å². The summed E-state index contributed by atoms with van der Waals surface area (Å²) in [6.45, 7) is 5.74. The number of likely N-dealkylation sites (tertiary alicyclic amines) is 1. The van der Waals surface area contributed by atoms with E-state index in [4.69, 9.17) is 4.74 Å². The highest BCUT2D eigenvalue weighted by atomic mass is 16.5. The molecule has 1 aromatic rings. The van der Waals surface area contributed by atoms with E-state index in [2.05, 4.69) is 10.3 Å². The van der Waals surface area contributed by atoms with E-state index in [1.165, 1.54) is 0 Å². The van der Waals surface area contributed by atoms with Crippen LogP contribution >= 0.6 is 0 Å². The summed E-state index contributed by atoms with van der Waals surface area (Å²) in [7, 11) is 0. The molecule has 1 aromatic heterocycles. The van der Waals surface area contributed by atoms with Crippen molar-refractivity contribution in [3.63, 3.8) is 0 Å². The van der Waals surface area contributed by atoms with Crippen LogP contribution in [0.15, 0.2) is 24.5 Å². The van der Waals surface area contributed by atoms with Crippen molar-refractivity contribution in [1.29, 1.82) is 0 Å². The number of rotatable bonds is 6. The first-order chi connectivity index (χ1) is 11.1. The van der Waals surface area contributed by atoms with Crippen molar-refractivity contribution in [3.05, 3.63) is 30.1 Å². The Labute approximate surface area is 137 Å². The molecular weight excluding hydrogens is 294 g/mol. The van der Waals surface area contributed by atoms with E-state index >= 15 is 0 Å². The number of piperidine rings is 1. The van der Waals surface area contributed by atoms with Gasteiger partial charge in [-0.3, -0.25) is 14.6 Å². The van der Waals surface area contributed by atoms with Crippen LogP contribution in [0.4, 0.5) is 0 Å². The predicted molar refractivity (Wildman–Crippen MR) is 87.0 cm³/mol. The first-order valence-electron chi connectivity index (χ1n) is 8.16. The maximum Gasteiger partial charge on any atom is 0.253 e. The fraction of sp³-hybridized carbons (Fsp3) is 0.588. The molecule has 0 saturated carbocycles. The van der Waals surface area contributed by atoms with Gasteiger partial charge < -0.3 is 15.0 Å². The summed E-state index contributed by atoms with van der Waals surface area (Å²) in [5, 5.41) is 3.01. The average molecular weight is 319 g/mol. The molecule has 126 valence electrons. The standard InChI is InChI=1S/C17H25N3O3/c1-13(2)23-11-7-16(21)20-9-5-15(6-10-20)19-17(22)14-4-3-8-18-12-14/h3-4,8,12-13,15H,5-7,9-11H2,1-2H3,(H,19,22). The second-order valence-corrected chi connectivity index (χ2v) is 6.04. The number of amides is 2. The monoisotopic (exact) mass is 319 g/mol. The topological polar surface area (TPSA) is 71.5 Å². The molecule has 1 N–H and O–H groups in total. The first-order valence-corrected chi connectivity index (χ1v) is 8.16. The summed E-state index contributed by atoms with van der Waals surface area (Å²) in [5.41, 5.74) is 0.567. The van der Waals surface area contributed by atoms with Gasteiger partial charge in [-0.1, -0.05) is 0 Å². The molecule has 2 rings (SSSR count). The highest BCUT2D eigenvalue weighted by molar-refractivity contribution is 5.94. The van der Waals surface area contributed by atoms with Gasteiger partial charge in [-0.2, -0.15) is 0 Å². The van der Waals surface area contributed by atoms with Gasteiger partial charge in [-0.05, 0) is 38.8 Å². The van der Waals surface area contributed by atoms with E-state index in [0.717, 1.165) is 12.8 Å². The van der Waals surface area contributed by atoms with Crippen LogP contribution in [0.5, 0.6) is 0 Å². The number of aromatic nitrogens is 1. The number of hydrogen-bond acceptors (Lipinski definition) is 4. The first kappa shape index (κ1) is 17.4. The van der Waals surface area contributed by atoms with E-state index in [-0.39, 0.29) is 24.0 Å². The third kappa shape index (κ3) is 5.63. The Morgan fingerprint density at radius 1 is 1.39 bits per heavy atom. The van der Waals surface area contributed by atoms with Crippen molar-refractivity contribution in [2.45, 2.75) is 45.3 Å². The van der Waals surface area contributed by atoms with Gasteiger partial charge >= 0.3 is 0 Å². The lowest BCUT2D eigenvalue weighted by Gasteiger charge is -2.32. The lowest BCUT2D eigenvalue weighted by Crippen LogP contribution is -2.46. The summed E-state index contributed by atoms with van der Waals surface area (Å²) in [6, 6.07) is 3.60. The minimum absolute atomic E-state index is 0.104. The van der Waals surface area contributed by atoms with Crippen molar-refractivity contribution in [2.24, 2.45) is 0 Å². The molecule has 0 aliphatic carbocycles. The number of pyridine rings is 1. The zero-order valence-corrected chi connectivity index (χ0v) is 13.8. The largest absolute Gasteiger partial charge is 0.378 e. The Kier molecular flexibility index (Phi) is 6.52. The second kappa shape index (κ2) is 8.62. The Bertz CT molecular complexity index is 511. The number of carbonyl (C=O) groups is 2. The molecule has 6 nitrogen and oxygen atoms in total. The molecule has 0 unspecified atom stereocenters. The van der Waals surface area contributed by atoms with Crippen LogP contribution in [0.3, 0.4) is 0 Å². The van der Waals surface area contributed by atoms with Crippen molar-refractivity contribution >= 4 is 11.8 Å². The second-order valence-electron chi connectivity index (χ2n) is 6.04. The number of nitrogens with zero attached hydrogens (tertiary/aromatic N) is 2. The highest BCUT2D eigenvalue weighted by Gasteiger charge is 2.24. The van der Waals surface area contributed by atoms with Crippen LogP contribution in [0, 0.1) is 0 Å². The predicted octanol–water partition coefficient (Wildman–Crippen LogP) is 1.62. The Morgan fingerprint density at radius 3 is 2.74 bits per heavy atom. The van der Waals surface area contributed by atoms with Crippen LogP contribution < -0.4 is 5.32 Å². The lowest BCUT2D eigenvalue weighted by molar-refractivity contribution is -0.133. The highest BCUT2D eigenvalue weighted by Crippen LogP contribution is 2.12. The molecule has 0 bridgehead atoms. The van der Waals surface area contributed by atoms with Crippen LogP contribution in [0.25, 0.3) is 0 Å². The number of ether oxygens (including phenoxy) is 1. The van der Waals surface area contributed by atoms with Crippen molar-refractivity contribution in [2.75, 3.05) is 19.7 Å². The van der Waals surface area contributed by atoms with Gasteiger partial charge in [0.1, 0.15) is 0 Å². The quantitative estimate of drug-likeness (QED) is 0.865. The summed E-state index contributed by atoms with van der Waals surface area (Å²) in [5.74, 6) is 0.0240. The zero-order chi connectivity index (χ0) is 16.7. The summed E-state index contributed by atoms with van der Waals surface area (Å²) in [4.78, 5) is 30.0. The van der Waals surface area contributed by atoms with Gasteiger partial charge in [0.25, 0.3) is 5.91 Å². The molecular formula is C17H25N3O3. The van der Waals surface area contributed by atoms with Crippen LogP contribution in [0.1, 0.15) is 43.5 Å². The number of nitrogens with one attached hydrogen (secondary N) is 1. The van der Waals surface area contributed by atoms with E-state index in [1.54, 1.807) is 24.5 Å². The minimum atomic E-state index is -0.104. The molecule has 0 atom stereocenters. The minimum Gasteiger partial charge on any atom is -0.378 e. The third-order valence-electron chi connectivity index (χ3n) is 3.87. The SMILES string of the molecule is CC(C)OCCC(=O)N1CCC(NC(=O)c2cccnc2)CC1. The van der Waals surface area contributed by atoms with Gasteiger partial charge in [0.05, 0.1) is 24.7 Å². The zero-order valence-electron chi connectivity index (χ0n) is 13.8. The molecule has 1 aliphatic rings. The molecule has 23 heavy (non-hydrogen) atoms. The molecule has 2 amide bonds. The van der Waals surface area contributed by atoms with Crippen molar-refractivity contribution in [1.82, 2.24) is 15.2 Å². The average Bonchev–Trinajstić information content (AvgIpc) is 2.56. The van der Waals surface area contributed by atoms with Gasteiger partial charge in [-0.15, -0.1) is 0 Å². The summed E-state index contributed by atoms with van der Waals surface area (Å²) in [6.07, 6.45) is 5.33. The van der Waals surface area contributed by atoms with Gasteiger partial charge in [0, 0.05) is 31.5 Å². The van der Waals surface area contributed by atoms with E-state index in [1.807, 2.05) is 18.7 Å². The van der Waals surface area contributed by atoms with E-state index in [9.17, 15) is 9.59 Å². The molecule has 1 fully saturated rings. The summed E-state index contributed by atoms with van der Waals surface area (Å²) < 4.78 is 5.42. The fourth-order valence-corrected chi connectivity index (χ4v) is 2.58. The van der Waals surface area contributed by atoms with Crippen LogP contribution in [-0.4, -0.2) is 53.5 Å². The molecule has 0 aromatic carbocycles. The number of hydrogen-bond donors (Lipinski definition) is 1. The Morgan fingerprint density at radius 2 is 2.13 bits per heavy atom. The summed E-state index contributed by atoms with van der Waals surface area (Å²) >= 11 is 0. The van der Waals surface area contributed by atoms with Gasteiger partial charge in [0.2, 0.25) is 5.91 Å². The normalized spacial score (nSPS) is 15.7. The molecule has 2 heterocycles. The molecule has 6 heteroatoms. The van der Waals surface area contributed by atoms with Gasteiger partial charge in [0.15, 0.2) is 0 Å². The maximum absolute atomic E-state index is 12.1. The third-order valence-corrected chi connectivity index (χ3v) is 3.87. The Balaban J connectivity index is 1.71. The lowest BCUT2D eigenvalue weighted by atomic mass is 10.0.